The van der Waals surface area contributed by atoms with Crippen LogP contribution in [0.1, 0.15) is 23.2 Å². The van der Waals surface area contributed by atoms with Gasteiger partial charge in [-0.3, -0.25) is 4.79 Å². The molecule has 8 nitrogen and oxygen atoms in total. The standard InChI is InChI=1S/C19H18N6O2S/c1-28-19-20-9-15-16(22-19)24-7-3-6-14(24)10-25(18(15)26)13-5-2-4-12(8-13)17-23-21-11-27-17/h2,4-5,8-9,11,14H,3,6-7,10H2,1H3/t14-/m0/s1. The molecule has 1 amide bonds. The molecular formula is C19H18N6O2S. The Bertz CT molecular complexity index is 1030. The third kappa shape index (κ3) is 2.82. The molecule has 9 heteroatoms. The van der Waals surface area contributed by atoms with Crippen LogP contribution in [0.3, 0.4) is 0 Å². The number of benzene rings is 1. The van der Waals surface area contributed by atoms with Crippen molar-refractivity contribution < 1.29 is 9.21 Å². The lowest BCUT2D eigenvalue weighted by Crippen LogP contribution is -2.39. The number of anilines is 2. The van der Waals surface area contributed by atoms with Crippen molar-refractivity contribution in [1.82, 2.24) is 20.2 Å². The molecule has 28 heavy (non-hydrogen) atoms. The van der Waals surface area contributed by atoms with Gasteiger partial charge in [-0.2, -0.15) is 0 Å². The van der Waals surface area contributed by atoms with Crippen molar-refractivity contribution in [2.45, 2.75) is 24.0 Å². The molecular weight excluding hydrogens is 376 g/mol. The van der Waals surface area contributed by atoms with Gasteiger partial charge >= 0.3 is 0 Å². The van der Waals surface area contributed by atoms with Crippen molar-refractivity contribution in [1.29, 1.82) is 0 Å². The zero-order valence-electron chi connectivity index (χ0n) is 15.3. The fourth-order valence-electron chi connectivity index (χ4n) is 3.90. The first kappa shape index (κ1) is 17.2. The highest BCUT2D eigenvalue weighted by atomic mass is 32.2. The Hall–Kier alpha value is -2.94. The molecule has 0 radical (unpaired) electrons. The number of rotatable bonds is 3. The number of hydrogen-bond acceptors (Lipinski definition) is 8. The lowest BCUT2D eigenvalue weighted by molar-refractivity contribution is 0.0988. The van der Waals surface area contributed by atoms with E-state index in [0.717, 1.165) is 36.5 Å². The number of carbonyl (C=O) groups is 1. The van der Waals surface area contributed by atoms with E-state index in [1.54, 1.807) is 6.20 Å². The summed E-state index contributed by atoms with van der Waals surface area (Å²) in [7, 11) is 0. The number of nitrogens with zero attached hydrogens (tertiary/aromatic N) is 6. The minimum atomic E-state index is -0.0836. The van der Waals surface area contributed by atoms with Gasteiger partial charge in [-0.1, -0.05) is 17.8 Å². The molecule has 1 fully saturated rings. The largest absolute Gasteiger partial charge is 0.423 e. The topological polar surface area (TPSA) is 88.2 Å². The van der Waals surface area contributed by atoms with Crippen LogP contribution >= 0.6 is 11.8 Å². The van der Waals surface area contributed by atoms with E-state index in [-0.39, 0.29) is 11.9 Å². The highest BCUT2D eigenvalue weighted by Crippen LogP contribution is 2.35. The number of hydrogen-bond donors (Lipinski definition) is 0. The Morgan fingerprint density at radius 2 is 2.25 bits per heavy atom. The van der Waals surface area contributed by atoms with Gasteiger partial charge < -0.3 is 14.2 Å². The third-order valence-electron chi connectivity index (χ3n) is 5.21. The molecule has 0 saturated carbocycles. The van der Waals surface area contributed by atoms with Gasteiger partial charge in [0.05, 0.1) is 0 Å². The summed E-state index contributed by atoms with van der Waals surface area (Å²) in [6, 6.07) is 7.87. The van der Waals surface area contributed by atoms with E-state index in [1.165, 1.54) is 18.2 Å². The molecule has 4 heterocycles. The second-order valence-electron chi connectivity index (χ2n) is 6.79. The lowest BCUT2D eigenvalue weighted by atomic mass is 10.1. The SMILES string of the molecule is CSc1ncc2c(n1)N1CCC[C@H]1CN(c1cccc(-c3nnco3)c1)C2=O. The van der Waals surface area contributed by atoms with E-state index in [2.05, 4.69) is 25.1 Å². The second-order valence-corrected chi connectivity index (χ2v) is 7.57. The second kappa shape index (κ2) is 6.90. The van der Waals surface area contributed by atoms with Gasteiger partial charge in [0.15, 0.2) is 5.16 Å². The van der Waals surface area contributed by atoms with Gasteiger partial charge in [0.1, 0.15) is 11.4 Å². The molecule has 2 aliphatic rings. The van der Waals surface area contributed by atoms with E-state index in [4.69, 9.17) is 4.42 Å². The average molecular weight is 394 g/mol. The van der Waals surface area contributed by atoms with Crippen LogP contribution in [0.15, 0.2) is 46.4 Å². The summed E-state index contributed by atoms with van der Waals surface area (Å²) in [4.78, 5) is 26.5. The minimum absolute atomic E-state index is 0.0836. The molecule has 0 bridgehead atoms. The Kier molecular flexibility index (Phi) is 4.23. The number of carbonyl (C=O) groups excluding carboxylic acids is 1. The fraction of sp³-hybridized carbons (Fsp3) is 0.316. The maximum absolute atomic E-state index is 13.4. The van der Waals surface area contributed by atoms with E-state index >= 15 is 0 Å². The molecule has 2 aromatic heterocycles. The highest BCUT2D eigenvalue weighted by molar-refractivity contribution is 7.98. The molecule has 0 unspecified atom stereocenters. The van der Waals surface area contributed by atoms with Crippen molar-refractivity contribution in [3.05, 3.63) is 42.4 Å². The van der Waals surface area contributed by atoms with Crippen LogP contribution in [0.25, 0.3) is 11.5 Å². The van der Waals surface area contributed by atoms with Crippen LogP contribution in [-0.4, -0.2) is 51.5 Å². The first-order valence-electron chi connectivity index (χ1n) is 9.11. The quantitative estimate of drug-likeness (QED) is 0.495. The number of thioether (sulfide) groups is 1. The van der Waals surface area contributed by atoms with Crippen molar-refractivity contribution in [3.63, 3.8) is 0 Å². The van der Waals surface area contributed by atoms with E-state index in [1.807, 2.05) is 35.4 Å². The van der Waals surface area contributed by atoms with Crippen LogP contribution in [0, 0.1) is 0 Å². The molecule has 0 aliphatic carbocycles. The zero-order chi connectivity index (χ0) is 19.1. The van der Waals surface area contributed by atoms with Crippen molar-refractivity contribution >= 4 is 29.2 Å². The number of amides is 1. The van der Waals surface area contributed by atoms with Gasteiger partial charge in [-0.15, -0.1) is 10.2 Å². The maximum atomic E-state index is 13.4. The maximum Gasteiger partial charge on any atom is 0.263 e. The van der Waals surface area contributed by atoms with E-state index in [9.17, 15) is 4.79 Å². The van der Waals surface area contributed by atoms with Crippen LogP contribution < -0.4 is 9.80 Å². The van der Waals surface area contributed by atoms with Gasteiger partial charge in [-0.05, 0) is 37.3 Å². The van der Waals surface area contributed by atoms with E-state index < -0.39 is 0 Å². The molecule has 142 valence electrons. The Morgan fingerprint density at radius 1 is 1.32 bits per heavy atom. The molecule has 1 atom stereocenters. The first-order valence-corrected chi connectivity index (χ1v) is 10.3. The average Bonchev–Trinajstić information content (AvgIpc) is 3.41. The van der Waals surface area contributed by atoms with Crippen LogP contribution in [0.4, 0.5) is 11.5 Å². The number of fused-ring (bicyclic) bond motifs is 3. The first-order chi connectivity index (χ1) is 13.7. The Balaban J connectivity index is 1.59. The van der Waals surface area contributed by atoms with Crippen molar-refractivity contribution in [2.24, 2.45) is 0 Å². The fourth-order valence-corrected chi connectivity index (χ4v) is 4.23. The monoisotopic (exact) mass is 394 g/mol. The van der Waals surface area contributed by atoms with Gasteiger partial charge in [-0.25, -0.2) is 9.97 Å². The molecule has 1 saturated heterocycles. The summed E-state index contributed by atoms with van der Waals surface area (Å²) >= 11 is 1.48. The Morgan fingerprint density at radius 3 is 3.07 bits per heavy atom. The molecule has 1 aromatic carbocycles. The predicted molar refractivity (Wildman–Crippen MR) is 106 cm³/mol. The van der Waals surface area contributed by atoms with Crippen LogP contribution in [0.2, 0.25) is 0 Å². The van der Waals surface area contributed by atoms with Gasteiger partial charge in [0.2, 0.25) is 12.3 Å². The lowest BCUT2D eigenvalue weighted by Gasteiger charge is -2.27. The van der Waals surface area contributed by atoms with Crippen molar-refractivity contribution in [2.75, 3.05) is 29.1 Å². The Labute approximate surface area is 166 Å². The molecule has 0 N–H and O–H groups in total. The highest BCUT2D eigenvalue weighted by Gasteiger charge is 2.37. The van der Waals surface area contributed by atoms with Crippen LogP contribution in [-0.2, 0) is 0 Å². The summed E-state index contributed by atoms with van der Waals surface area (Å²) in [6.07, 6.45) is 7.02. The molecule has 0 spiro atoms. The van der Waals surface area contributed by atoms with Crippen molar-refractivity contribution in [3.8, 4) is 11.5 Å². The van der Waals surface area contributed by atoms with Crippen LogP contribution in [0.5, 0.6) is 0 Å². The predicted octanol–water partition coefficient (Wildman–Crippen LogP) is 2.88. The summed E-state index contributed by atoms with van der Waals surface area (Å²) in [6.45, 7) is 1.52. The smallest absolute Gasteiger partial charge is 0.263 e. The zero-order valence-corrected chi connectivity index (χ0v) is 16.1. The summed E-state index contributed by atoms with van der Waals surface area (Å²) < 4.78 is 5.31. The molecule has 3 aromatic rings. The summed E-state index contributed by atoms with van der Waals surface area (Å²) in [5.74, 6) is 1.10. The van der Waals surface area contributed by atoms with Gasteiger partial charge in [0.25, 0.3) is 5.91 Å². The minimum Gasteiger partial charge on any atom is -0.423 e. The van der Waals surface area contributed by atoms with Gasteiger partial charge in [0, 0.05) is 36.6 Å². The third-order valence-corrected chi connectivity index (χ3v) is 5.77. The summed E-state index contributed by atoms with van der Waals surface area (Å²) in [5.41, 5.74) is 2.13. The summed E-state index contributed by atoms with van der Waals surface area (Å²) in [5, 5.41) is 8.39. The van der Waals surface area contributed by atoms with E-state index in [0.29, 0.717) is 23.2 Å². The number of aromatic nitrogens is 4. The molecule has 5 rings (SSSR count). The normalized spacial score (nSPS) is 18.8. The molecule has 2 aliphatic heterocycles.